The Morgan fingerprint density at radius 2 is 1.94 bits per heavy atom. The maximum absolute atomic E-state index is 12.1. The Morgan fingerprint density at radius 3 is 2.56 bits per heavy atom. The predicted molar refractivity (Wildman–Crippen MR) is 74.9 cm³/mol. The monoisotopic (exact) mass is 263 g/mol. The molecule has 1 aromatic carbocycles. The van der Waals surface area contributed by atoms with Crippen LogP contribution < -0.4 is 5.48 Å². The van der Waals surface area contributed by atoms with Crippen LogP contribution in [0.4, 0.5) is 0 Å². The molecule has 0 aliphatic heterocycles. The Morgan fingerprint density at radius 1 is 1.28 bits per heavy atom. The third-order valence-electron chi connectivity index (χ3n) is 2.50. The first kappa shape index (κ1) is 13.1. The summed E-state index contributed by atoms with van der Waals surface area (Å²) in [5, 5.41) is 1.13. The van der Waals surface area contributed by atoms with Crippen molar-refractivity contribution in [2.75, 3.05) is 0 Å². The van der Waals surface area contributed by atoms with Crippen molar-refractivity contribution in [3.8, 4) is 0 Å². The lowest BCUT2D eigenvalue weighted by atomic mass is 10.1. The van der Waals surface area contributed by atoms with Gasteiger partial charge in [-0.1, -0.05) is 18.2 Å². The quantitative estimate of drug-likeness (QED) is 0.840. The van der Waals surface area contributed by atoms with Crippen LogP contribution in [0.3, 0.4) is 0 Å². The van der Waals surface area contributed by atoms with Crippen molar-refractivity contribution < 1.29 is 9.63 Å². The minimum Gasteiger partial charge on any atom is -0.268 e. The summed E-state index contributed by atoms with van der Waals surface area (Å²) in [4.78, 5) is 18.1. The number of hydrogen-bond acceptors (Lipinski definition) is 3. The maximum Gasteiger partial charge on any atom is 0.285 e. The van der Waals surface area contributed by atoms with Gasteiger partial charge in [0.25, 0.3) is 5.91 Å². The normalized spacial score (nSPS) is 11.8. The second-order valence-corrected chi connectivity index (χ2v) is 6.25. The van der Waals surface area contributed by atoms with Gasteiger partial charge >= 0.3 is 0 Å². The Bertz CT molecular complexity index is 581. The Kier molecular flexibility index (Phi) is 3.41. The van der Waals surface area contributed by atoms with E-state index in [1.165, 1.54) is 11.3 Å². The highest BCUT2D eigenvalue weighted by molar-refractivity contribution is 7.21. The summed E-state index contributed by atoms with van der Waals surface area (Å²) >= 11 is 1.49. The number of hydrogen-bond donors (Lipinski definition) is 1. The van der Waals surface area contributed by atoms with E-state index in [4.69, 9.17) is 4.84 Å². The Hall–Kier alpha value is -1.39. The molecule has 1 amide bonds. The molecule has 4 heteroatoms. The minimum absolute atomic E-state index is 0.177. The highest BCUT2D eigenvalue weighted by Crippen LogP contribution is 2.30. The standard InChI is InChI=1S/C14H17NO2S/c1-9-10-7-5-6-8-11(10)18-12(9)13(16)15-17-14(2,3)4/h5-8H,1-4H3,(H,15,16). The van der Waals surface area contributed by atoms with Gasteiger partial charge in [0.1, 0.15) is 0 Å². The largest absolute Gasteiger partial charge is 0.285 e. The predicted octanol–water partition coefficient (Wildman–Crippen LogP) is 3.67. The molecule has 0 aliphatic carbocycles. The molecule has 2 rings (SSSR count). The fourth-order valence-electron chi connectivity index (χ4n) is 1.64. The van der Waals surface area contributed by atoms with Gasteiger partial charge in [0.2, 0.25) is 0 Å². The number of amides is 1. The van der Waals surface area contributed by atoms with Gasteiger partial charge < -0.3 is 0 Å². The lowest BCUT2D eigenvalue weighted by Gasteiger charge is -2.18. The molecule has 0 spiro atoms. The number of carbonyl (C=O) groups is 1. The third kappa shape index (κ3) is 2.71. The summed E-state index contributed by atoms with van der Waals surface area (Å²) < 4.78 is 1.12. The molecule has 0 saturated carbocycles. The number of benzene rings is 1. The number of fused-ring (bicyclic) bond motifs is 1. The number of hydroxylamine groups is 1. The van der Waals surface area contributed by atoms with Crippen molar-refractivity contribution in [1.82, 2.24) is 5.48 Å². The van der Waals surface area contributed by atoms with Crippen molar-refractivity contribution in [3.63, 3.8) is 0 Å². The maximum atomic E-state index is 12.1. The molecule has 3 nitrogen and oxygen atoms in total. The number of thiophene rings is 1. The molecule has 0 saturated heterocycles. The molecule has 1 heterocycles. The van der Waals surface area contributed by atoms with Crippen LogP contribution in [0.5, 0.6) is 0 Å². The molecule has 0 radical (unpaired) electrons. The molecule has 0 aliphatic rings. The van der Waals surface area contributed by atoms with Gasteiger partial charge in [0, 0.05) is 4.70 Å². The fraction of sp³-hybridized carbons (Fsp3) is 0.357. The topological polar surface area (TPSA) is 38.3 Å². The highest BCUT2D eigenvalue weighted by atomic mass is 32.1. The number of rotatable bonds is 2. The molecular formula is C14H17NO2S. The van der Waals surface area contributed by atoms with E-state index in [0.29, 0.717) is 4.88 Å². The third-order valence-corrected chi connectivity index (χ3v) is 3.77. The minimum atomic E-state index is -0.389. The van der Waals surface area contributed by atoms with Gasteiger partial charge in [0.15, 0.2) is 0 Å². The number of carbonyl (C=O) groups excluding carboxylic acids is 1. The molecule has 0 bridgehead atoms. The Balaban J connectivity index is 2.26. The summed E-state index contributed by atoms with van der Waals surface area (Å²) in [7, 11) is 0. The molecule has 1 aromatic heterocycles. The van der Waals surface area contributed by atoms with Crippen molar-refractivity contribution in [2.45, 2.75) is 33.3 Å². The zero-order chi connectivity index (χ0) is 13.3. The average molecular weight is 263 g/mol. The number of aryl methyl sites for hydroxylation is 1. The van der Waals surface area contributed by atoms with Gasteiger partial charge in [-0.3, -0.25) is 9.63 Å². The van der Waals surface area contributed by atoms with E-state index >= 15 is 0 Å². The van der Waals surface area contributed by atoms with Crippen LogP contribution in [-0.4, -0.2) is 11.5 Å². The first-order valence-electron chi connectivity index (χ1n) is 5.85. The van der Waals surface area contributed by atoms with Crippen molar-refractivity contribution in [3.05, 3.63) is 34.7 Å². The summed E-state index contributed by atoms with van der Waals surface area (Å²) in [6, 6.07) is 8.01. The zero-order valence-corrected chi connectivity index (χ0v) is 11.9. The molecule has 18 heavy (non-hydrogen) atoms. The van der Waals surface area contributed by atoms with Crippen LogP contribution in [0.2, 0.25) is 0 Å². The van der Waals surface area contributed by atoms with Gasteiger partial charge in [-0.05, 0) is 44.7 Å². The molecule has 0 fully saturated rings. The molecule has 1 N–H and O–H groups in total. The SMILES string of the molecule is Cc1c(C(=O)NOC(C)(C)C)sc2ccccc12. The van der Waals surface area contributed by atoms with E-state index in [9.17, 15) is 4.79 Å². The second-order valence-electron chi connectivity index (χ2n) is 5.20. The summed E-state index contributed by atoms with van der Waals surface area (Å²) in [5.74, 6) is -0.177. The number of nitrogens with one attached hydrogen (secondary N) is 1. The molecule has 96 valence electrons. The van der Waals surface area contributed by atoms with E-state index in [1.54, 1.807) is 0 Å². The van der Waals surface area contributed by atoms with Crippen LogP contribution >= 0.6 is 11.3 Å². The first-order chi connectivity index (χ1) is 8.38. The van der Waals surface area contributed by atoms with Gasteiger partial charge in [-0.25, -0.2) is 5.48 Å². The van der Waals surface area contributed by atoms with Crippen molar-refractivity contribution in [2.24, 2.45) is 0 Å². The van der Waals surface area contributed by atoms with Gasteiger partial charge in [-0.15, -0.1) is 11.3 Å². The van der Waals surface area contributed by atoms with Crippen LogP contribution in [0, 0.1) is 6.92 Å². The van der Waals surface area contributed by atoms with Crippen LogP contribution in [0.25, 0.3) is 10.1 Å². The zero-order valence-electron chi connectivity index (χ0n) is 11.0. The molecule has 2 aromatic rings. The Labute approximate surface area is 111 Å². The van der Waals surface area contributed by atoms with E-state index in [-0.39, 0.29) is 11.5 Å². The van der Waals surface area contributed by atoms with Crippen LogP contribution in [0.1, 0.15) is 36.0 Å². The van der Waals surface area contributed by atoms with Crippen molar-refractivity contribution in [1.29, 1.82) is 0 Å². The lowest BCUT2D eigenvalue weighted by molar-refractivity contribution is -0.0588. The summed E-state index contributed by atoms with van der Waals surface area (Å²) in [6.07, 6.45) is 0. The van der Waals surface area contributed by atoms with Crippen LogP contribution in [-0.2, 0) is 4.84 Å². The van der Waals surface area contributed by atoms with E-state index < -0.39 is 0 Å². The lowest BCUT2D eigenvalue weighted by Crippen LogP contribution is -2.33. The smallest absolute Gasteiger partial charge is 0.268 e. The van der Waals surface area contributed by atoms with Gasteiger partial charge in [-0.2, -0.15) is 0 Å². The summed E-state index contributed by atoms with van der Waals surface area (Å²) in [6.45, 7) is 7.64. The van der Waals surface area contributed by atoms with E-state index in [0.717, 1.165) is 15.6 Å². The summed E-state index contributed by atoms with van der Waals surface area (Å²) in [5.41, 5.74) is 3.13. The first-order valence-corrected chi connectivity index (χ1v) is 6.66. The molecule has 0 atom stereocenters. The van der Waals surface area contributed by atoms with Crippen molar-refractivity contribution >= 4 is 27.3 Å². The van der Waals surface area contributed by atoms with E-state index in [1.807, 2.05) is 52.0 Å². The fourth-order valence-corrected chi connectivity index (χ4v) is 2.73. The molecule has 0 unspecified atom stereocenters. The molecular weight excluding hydrogens is 246 g/mol. The van der Waals surface area contributed by atoms with E-state index in [2.05, 4.69) is 5.48 Å². The van der Waals surface area contributed by atoms with Gasteiger partial charge in [0.05, 0.1) is 10.5 Å². The average Bonchev–Trinajstić information content (AvgIpc) is 2.64. The highest BCUT2D eigenvalue weighted by Gasteiger charge is 2.18. The van der Waals surface area contributed by atoms with Crippen LogP contribution in [0.15, 0.2) is 24.3 Å². The second kappa shape index (κ2) is 4.71.